The SMILES string of the molecule is C[C@@H]1C[C@H](OC2CCN(CC(=O)N3CCN(C(=O)c4cc(Cc5n[nH]c(=O)c6ccccc56)ccc4F)CC3)CC2)CCN1C(=O)[C@H](NC(=O)OC(C)(C)C)C1CCCCC1. The number of halogens is 1. The number of H-pyrrole nitrogens is 1. The van der Waals surface area contributed by atoms with Crippen LogP contribution in [0.1, 0.15) is 107 Å². The summed E-state index contributed by atoms with van der Waals surface area (Å²) in [5, 5.41) is 10.9. The number of amides is 4. The standard InChI is InChI=1S/C46H62FN7O7/c1-30-26-34(18-21-54(30)44(58)41(32-10-6-5-7-11-32)48-45(59)61-46(2,3)4)60-33-16-19-51(20-17-33)29-40(55)52-22-24-53(25-23-52)43(57)37-27-31(14-15-38(37)47)28-39-35-12-8-9-13-36(35)42(56)50-49-39/h8-9,12-15,27,30,32-34,41H,5-7,10-11,16-26,28-29H2,1-4H3,(H,48,59)(H,50,56)/t30-,34-,41-/m1/s1. The Balaban J connectivity index is 0.840. The van der Waals surface area contributed by atoms with Crippen molar-refractivity contribution in [2.75, 3.05) is 52.4 Å². The van der Waals surface area contributed by atoms with E-state index in [1.165, 1.54) is 6.07 Å². The number of aromatic amines is 1. The van der Waals surface area contributed by atoms with Crippen molar-refractivity contribution in [1.29, 1.82) is 0 Å². The number of benzene rings is 2. The monoisotopic (exact) mass is 843 g/mol. The topological polar surface area (TPSA) is 157 Å². The molecule has 330 valence electrons. The number of nitrogens with one attached hydrogen (secondary N) is 2. The highest BCUT2D eigenvalue weighted by atomic mass is 19.1. The fourth-order valence-electron chi connectivity index (χ4n) is 9.48. The van der Waals surface area contributed by atoms with Gasteiger partial charge in [-0.2, -0.15) is 5.10 Å². The van der Waals surface area contributed by atoms with Crippen LogP contribution in [0.3, 0.4) is 0 Å². The van der Waals surface area contributed by atoms with Crippen molar-refractivity contribution in [3.05, 3.63) is 75.5 Å². The summed E-state index contributed by atoms with van der Waals surface area (Å²) in [4.78, 5) is 73.4. The minimum atomic E-state index is -0.650. The van der Waals surface area contributed by atoms with Crippen molar-refractivity contribution in [3.8, 4) is 0 Å². The summed E-state index contributed by atoms with van der Waals surface area (Å²) in [6.45, 7) is 11.2. The number of alkyl carbamates (subject to hydrolysis) is 1. The van der Waals surface area contributed by atoms with E-state index in [1.54, 1.807) is 34.1 Å². The number of fused-ring (bicyclic) bond motifs is 1. The molecule has 1 saturated carbocycles. The Morgan fingerprint density at radius 3 is 2.23 bits per heavy atom. The van der Waals surface area contributed by atoms with Crippen LogP contribution in [0.25, 0.3) is 10.8 Å². The van der Waals surface area contributed by atoms with E-state index in [9.17, 15) is 24.0 Å². The first-order chi connectivity index (χ1) is 29.2. The molecular weight excluding hydrogens is 782 g/mol. The van der Waals surface area contributed by atoms with Crippen LogP contribution < -0.4 is 10.9 Å². The zero-order chi connectivity index (χ0) is 43.3. The third-order valence-electron chi connectivity index (χ3n) is 12.8. The van der Waals surface area contributed by atoms with Crippen LogP contribution in [0.4, 0.5) is 9.18 Å². The lowest BCUT2D eigenvalue weighted by atomic mass is 9.83. The Bertz CT molecular complexity index is 2100. The van der Waals surface area contributed by atoms with E-state index >= 15 is 4.39 Å². The highest BCUT2D eigenvalue weighted by Gasteiger charge is 2.39. The molecule has 4 amide bonds. The Morgan fingerprint density at radius 2 is 1.54 bits per heavy atom. The number of likely N-dealkylation sites (tertiary alicyclic amines) is 2. The average molecular weight is 844 g/mol. The lowest BCUT2D eigenvalue weighted by molar-refractivity contribution is -0.143. The second-order valence-electron chi connectivity index (χ2n) is 18.4. The van der Waals surface area contributed by atoms with Crippen LogP contribution in [0.2, 0.25) is 0 Å². The number of carbonyl (C=O) groups excluding carboxylic acids is 4. The van der Waals surface area contributed by atoms with E-state index in [1.807, 2.05) is 37.8 Å². The summed E-state index contributed by atoms with van der Waals surface area (Å²) in [6.07, 6.45) is 8.06. The van der Waals surface area contributed by atoms with Crippen LogP contribution in [0.5, 0.6) is 0 Å². The number of piperidine rings is 2. The zero-order valence-electron chi connectivity index (χ0n) is 36.1. The summed E-state index contributed by atoms with van der Waals surface area (Å²) in [7, 11) is 0. The van der Waals surface area contributed by atoms with Crippen LogP contribution in [0.15, 0.2) is 47.3 Å². The van der Waals surface area contributed by atoms with Crippen molar-refractivity contribution >= 4 is 34.6 Å². The highest BCUT2D eigenvalue weighted by Crippen LogP contribution is 2.31. The van der Waals surface area contributed by atoms with E-state index in [4.69, 9.17) is 9.47 Å². The maximum absolute atomic E-state index is 15.0. The molecule has 3 aromatic rings. The summed E-state index contributed by atoms with van der Waals surface area (Å²) in [5.74, 6) is -0.942. The lowest BCUT2D eigenvalue weighted by Gasteiger charge is -2.42. The molecule has 4 fully saturated rings. The van der Waals surface area contributed by atoms with Gasteiger partial charge >= 0.3 is 6.09 Å². The Morgan fingerprint density at radius 1 is 0.869 bits per heavy atom. The van der Waals surface area contributed by atoms with Gasteiger partial charge in [-0.05, 0) is 95.9 Å². The molecule has 1 aliphatic carbocycles. The van der Waals surface area contributed by atoms with E-state index in [0.717, 1.165) is 70.9 Å². The van der Waals surface area contributed by atoms with Crippen molar-refractivity contribution < 1.29 is 33.0 Å². The number of aromatic nitrogens is 2. The zero-order valence-corrected chi connectivity index (χ0v) is 36.1. The van der Waals surface area contributed by atoms with Gasteiger partial charge in [-0.25, -0.2) is 14.3 Å². The van der Waals surface area contributed by atoms with Gasteiger partial charge < -0.3 is 29.5 Å². The number of piperazine rings is 1. The van der Waals surface area contributed by atoms with E-state index in [0.29, 0.717) is 67.7 Å². The first kappa shape index (κ1) is 44.2. The Hall–Kier alpha value is -4.89. The Labute approximate surface area is 357 Å². The van der Waals surface area contributed by atoms with Crippen molar-refractivity contribution in [1.82, 2.24) is 35.1 Å². The molecule has 0 radical (unpaired) electrons. The number of rotatable bonds is 10. The minimum absolute atomic E-state index is 0.0128. The first-order valence-electron chi connectivity index (χ1n) is 22.2. The molecule has 3 saturated heterocycles. The average Bonchev–Trinajstić information content (AvgIpc) is 3.24. The van der Waals surface area contributed by atoms with Crippen LogP contribution in [-0.2, 0) is 25.5 Å². The Kier molecular flexibility index (Phi) is 14.1. The number of ether oxygens (including phenoxy) is 2. The van der Waals surface area contributed by atoms with E-state index in [2.05, 4.69) is 27.3 Å². The van der Waals surface area contributed by atoms with Gasteiger partial charge in [0.25, 0.3) is 11.5 Å². The predicted molar refractivity (Wildman–Crippen MR) is 229 cm³/mol. The third kappa shape index (κ3) is 11.1. The molecule has 14 nitrogen and oxygen atoms in total. The van der Waals surface area contributed by atoms with Gasteiger partial charge in [0.05, 0.1) is 35.4 Å². The number of nitrogens with zero attached hydrogens (tertiary/aromatic N) is 5. The quantitative estimate of drug-likeness (QED) is 0.278. The second kappa shape index (κ2) is 19.4. The summed E-state index contributed by atoms with van der Waals surface area (Å²) in [5.41, 5.74) is 0.355. The predicted octanol–water partition coefficient (Wildman–Crippen LogP) is 5.27. The molecule has 0 bridgehead atoms. The molecule has 3 aliphatic heterocycles. The summed E-state index contributed by atoms with van der Waals surface area (Å²) in [6, 6.07) is 11.0. The van der Waals surface area contributed by atoms with Gasteiger partial charge in [-0.3, -0.25) is 24.1 Å². The van der Waals surface area contributed by atoms with Gasteiger partial charge in [0, 0.05) is 63.7 Å². The van der Waals surface area contributed by atoms with E-state index < -0.39 is 29.5 Å². The van der Waals surface area contributed by atoms with Crippen molar-refractivity contribution in [3.63, 3.8) is 0 Å². The molecule has 0 spiro atoms. The van der Waals surface area contributed by atoms with Gasteiger partial charge in [-0.15, -0.1) is 0 Å². The van der Waals surface area contributed by atoms with E-state index in [-0.39, 0.29) is 47.1 Å². The minimum Gasteiger partial charge on any atom is -0.444 e. The maximum atomic E-state index is 15.0. The molecule has 0 unspecified atom stereocenters. The van der Waals surface area contributed by atoms with Crippen molar-refractivity contribution in [2.24, 2.45) is 5.92 Å². The summed E-state index contributed by atoms with van der Waals surface area (Å²) >= 11 is 0. The molecule has 1 aromatic heterocycles. The lowest BCUT2D eigenvalue weighted by Crippen LogP contribution is -2.57. The largest absolute Gasteiger partial charge is 0.444 e. The molecule has 4 heterocycles. The molecule has 61 heavy (non-hydrogen) atoms. The van der Waals surface area contributed by atoms with Crippen molar-refractivity contribution in [2.45, 2.75) is 122 Å². The van der Waals surface area contributed by atoms with Gasteiger partial charge in [0.1, 0.15) is 17.5 Å². The summed E-state index contributed by atoms with van der Waals surface area (Å²) < 4.78 is 27.2. The van der Waals surface area contributed by atoms with Gasteiger partial charge in [-0.1, -0.05) is 43.5 Å². The first-order valence-corrected chi connectivity index (χ1v) is 22.2. The fourth-order valence-corrected chi connectivity index (χ4v) is 9.48. The molecule has 2 aromatic carbocycles. The fraction of sp³-hybridized carbons (Fsp3) is 0.609. The van der Waals surface area contributed by atoms with Crippen LogP contribution in [0, 0.1) is 11.7 Å². The molecule has 4 aliphatic rings. The molecule has 7 rings (SSSR count). The molecule has 3 atom stereocenters. The third-order valence-corrected chi connectivity index (χ3v) is 12.8. The number of carbonyl (C=O) groups is 4. The normalized spacial score (nSPS) is 21.6. The number of hydrogen-bond donors (Lipinski definition) is 2. The molecule has 2 N–H and O–H groups in total. The van der Waals surface area contributed by atoms with Gasteiger partial charge in [0.15, 0.2) is 0 Å². The number of hydrogen-bond acceptors (Lipinski definition) is 9. The molecule has 15 heteroatoms. The highest BCUT2D eigenvalue weighted by molar-refractivity contribution is 5.95. The van der Waals surface area contributed by atoms with Crippen LogP contribution >= 0.6 is 0 Å². The van der Waals surface area contributed by atoms with Gasteiger partial charge in [0.2, 0.25) is 11.8 Å². The molecular formula is C46H62FN7O7. The smallest absolute Gasteiger partial charge is 0.408 e. The second-order valence-corrected chi connectivity index (χ2v) is 18.4. The maximum Gasteiger partial charge on any atom is 0.408 e. The van der Waals surface area contributed by atoms with Crippen LogP contribution in [-0.4, -0.2) is 136 Å².